The molecule has 2 aliphatic heterocycles. The minimum atomic E-state index is -0.224. The number of aromatic nitrogens is 3. The second-order valence-corrected chi connectivity index (χ2v) is 8.47. The summed E-state index contributed by atoms with van der Waals surface area (Å²) < 4.78 is 27.8. The van der Waals surface area contributed by atoms with E-state index >= 15 is 0 Å². The van der Waals surface area contributed by atoms with Crippen molar-refractivity contribution in [1.82, 2.24) is 14.8 Å². The summed E-state index contributed by atoms with van der Waals surface area (Å²) in [5.41, 5.74) is 7.19. The molecule has 0 saturated carbocycles. The lowest BCUT2D eigenvalue weighted by Crippen LogP contribution is -2.33. The van der Waals surface area contributed by atoms with Crippen LogP contribution in [0.2, 0.25) is 0 Å². The molecule has 2 aromatic carbocycles. The smallest absolute Gasteiger partial charge is 0.279 e. The number of allylic oxidation sites excluding steroid dienone is 1. The zero-order valence-electron chi connectivity index (χ0n) is 16.3. The third-order valence-corrected chi connectivity index (χ3v) is 6.93. The predicted molar refractivity (Wildman–Crippen MR) is 111 cm³/mol. The lowest BCUT2D eigenvalue weighted by atomic mass is 9.72. The molecule has 5 nitrogen and oxygen atoms in total. The van der Waals surface area contributed by atoms with E-state index < -0.39 is 0 Å². The minimum Gasteiger partial charge on any atom is -0.465 e. The molecule has 0 saturated heterocycles. The van der Waals surface area contributed by atoms with E-state index in [0.29, 0.717) is 19.1 Å². The third-order valence-electron chi connectivity index (χ3n) is 6.93. The number of nitrogens with one attached hydrogen (secondary N) is 1. The first-order valence-electron chi connectivity index (χ1n) is 10.5. The van der Waals surface area contributed by atoms with Crippen molar-refractivity contribution in [1.29, 1.82) is 0 Å². The van der Waals surface area contributed by atoms with Crippen LogP contribution in [0.5, 0.6) is 0 Å². The summed E-state index contributed by atoms with van der Waals surface area (Å²) in [6.07, 6.45) is 4.79. The fourth-order valence-electron chi connectivity index (χ4n) is 5.68. The van der Waals surface area contributed by atoms with Gasteiger partial charge in [0.15, 0.2) is 0 Å². The molecule has 4 heterocycles. The molecular weight excluding hydrogens is 381 g/mol. The van der Waals surface area contributed by atoms with Gasteiger partial charge in [-0.1, -0.05) is 0 Å². The highest BCUT2D eigenvalue weighted by molar-refractivity contribution is 5.99. The Morgan fingerprint density at radius 3 is 2.77 bits per heavy atom. The zero-order valence-corrected chi connectivity index (χ0v) is 16.3. The van der Waals surface area contributed by atoms with Crippen LogP contribution in [-0.4, -0.2) is 28.0 Å². The van der Waals surface area contributed by atoms with Gasteiger partial charge in [-0.25, -0.2) is 4.39 Å². The summed E-state index contributed by atoms with van der Waals surface area (Å²) in [7, 11) is 0. The first kappa shape index (κ1) is 16.5. The average molecular weight is 401 g/mol. The van der Waals surface area contributed by atoms with Gasteiger partial charge < -0.3 is 14.0 Å². The Hall–Kier alpha value is -3.28. The van der Waals surface area contributed by atoms with E-state index in [-0.39, 0.29) is 11.7 Å². The quantitative estimate of drug-likeness (QED) is 0.491. The summed E-state index contributed by atoms with van der Waals surface area (Å²) in [6, 6.07) is 11.2. The Kier molecular flexibility index (Phi) is 3.23. The van der Waals surface area contributed by atoms with E-state index in [1.165, 1.54) is 34.3 Å². The Bertz CT molecular complexity index is 1340. The maximum Gasteiger partial charge on any atom is 0.279 e. The van der Waals surface area contributed by atoms with Crippen molar-refractivity contribution in [2.24, 2.45) is 5.92 Å². The third kappa shape index (κ3) is 2.13. The molecule has 30 heavy (non-hydrogen) atoms. The summed E-state index contributed by atoms with van der Waals surface area (Å²) in [6.45, 7) is 1.37. The van der Waals surface area contributed by atoms with Crippen LogP contribution < -0.4 is 0 Å². The second-order valence-electron chi connectivity index (χ2n) is 8.47. The molecule has 7 rings (SSSR count). The van der Waals surface area contributed by atoms with E-state index in [4.69, 9.17) is 9.47 Å². The van der Waals surface area contributed by atoms with Gasteiger partial charge in [0.25, 0.3) is 5.95 Å². The standard InChI is InChI=1S/C24H20FN3O2/c25-15-1-3-16(4-2-15)28-21-10-14-12-26-27-20(14)11-18(21)19-9-13-5-7-29-24-22(13)17(23(19)28)6-8-30-24/h1-4,10-13,17H,5-9H2,(H,26,27). The maximum absolute atomic E-state index is 13.7. The van der Waals surface area contributed by atoms with Crippen molar-refractivity contribution in [3.8, 4) is 5.69 Å². The molecule has 1 N–H and O–H groups in total. The number of ether oxygens (including phenoxy) is 2. The molecule has 3 aliphatic rings. The SMILES string of the molecule is Fc1ccc(-n2c3c(c4cc5[nH]ncc5cc42)CC2CCOC4=C2C3CCO4)cc1. The van der Waals surface area contributed by atoms with Gasteiger partial charge >= 0.3 is 0 Å². The van der Waals surface area contributed by atoms with Crippen molar-refractivity contribution >= 4 is 21.8 Å². The number of aromatic amines is 1. The van der Waals surface area contributed by atoms with E-state index in [1.54, 1.807) is 0 Å². The van der Waals surface area contributed by atoms with Crippen LogP contribution in [0.1, 0.15) is 30.0 Å². The Balaban J connectivity index is 1.59. The van der Waals surface area contributed by atoms with E-state index in [9.17, 15) is 4.39 Å². The number of rotatable bonds is 1. The van der Waals surface area contributed by atoms with Gasteiger partial charge in [-0.2, -0.15) is 5.10 Å². The molecule has 1 aliphatic carbocycles. The first-order valence-corrected chi connectivity index (χ1v) is 10.5. The highest BCUT2D eigenvalue weighted by atomic mass is 19.1. The molecule has 2 atom stereocenters. The van der Waals surface area contributed by atoms with Gasteiger partial charge in [0.05, 0.1) is 30.4 Å². The van der Waals surface area contributed by atoms with Gasteiger partial charge in [-0.15, -0.1) is 0 Å². The van der Waals surface area contributed by atoms with E-state index in [2.05, 4.69) is 26.9 Å². The van der Waals surface area contributed by atoms with Crippen molar-refractivity contribution in [2.75, 3.05) is 13.2 Å². The molecule has 4 aromatic rings. The molecule has 0 fully saturated rings. The minimum absolute atomic E-state index is 0.224. The molecule has 0 bridgehead atoms. The largest absolute Gasteiger partial charge is 0.465 e. The van der Waals surface area contributed by atoms with Crippen molar-refractivity contribution < 1.29 is 13.9 Å². The molecule has 2 aromatic heterocycles. The molecule has 0 amide bonds. The molecule has 0 radical (unpaired) electrons. The van der Waals surface area contributed by atoms with Gasteiger partial charge in [-0.05, 0) is 67.1 Å². The van der Waals surface area contributed by atoms with Crippen molar-refractivity contribution in [3.63, 3.8) is 0 Å². The lowest BCUT2D eigenvalue weighted by Gasteiger charge is -2.40. The van der Waals surface area contributed by atoms with E-state index in [1.807, 2.05) is 18.3 Å². The topological polar surface area (TPSA) is 52.1 Å². The summed E-state index contributed by atoms with van der Waals surface area (Å²) in [5, 5.41) is 9.67. The van der Waals surface area contributed by atoms with Crippen LogP contribution in [0.3, 0.4) is 0 Å². The van der Waals surface area contributed by atoms with Gasteiger partial charge in [0, 0.05) is 33.6 Å². The highest BCUT2D eigenvalue weighted by Gasteiger charge is 2.43. The monoisotopic (exact) mass is 401 g/mol. The second kappa shape index (κ2) is 5.88. The highest BCUT2D eigenvalue weighted by Crippen LogP contribution is 2.51. The Labute approximate surface area is 172 Å². The number of hydrogen-bond donors (Lipinski definition) is 1. The fraction of sp³-hybridized carbons (Fsp3) is 0.292. The molecule has 0 spiro atoms. The van der Waals surface area contributed by atoms with Crippen LogP contribution >= 0.6 is 0 Å². The fourth-order valence-corrected chi connectivity index (χ4v) is 5.68. The summed E-state index contributed by atoms with van der Waals surface area (Å²) >= 11 is 0. The van der Waals surface area contributed by atoms with Gasteiger partial charge in [-0.3, -0.25) is 5.10 Å². The predicted octanol–water partition coefficient (Wildman–Crippen LogP) is 4.95. The molecule has 150 valence electrons. The van der Waals surface area contributed by atoms with Crippen LogP contribution in [0.25, 0.3) is 27.5 Å². The van der Waals surface area contributed by atoms with Gasteiger partial charge in [0.1, 0.15) is 5.82 Å². The average Bonchev–Trinajstić information content (AvgIpc) is 3.35. The number of H-pyrrole nitrogens is 1. The van der Waals surface area contributed by atoms with Crippen molar-refractivity contribution in [2.45, 2.75) is 25.2 Å². The van der Waals surface area contributed by atoms with Gasteiger partial charge in [0.2, 0.25) is 0 Å². The number of benzene rings is 2. The molecular formula is C24H20FN3O2. The normalized spacial score (nSPS) is 22.6. The maximum atomic E-state index is 13.7. The summed E-state index contributed by atoms with van der Waals surface area (Å²) in [5.74, 6) is 1.24. The Morgan fingerprint density at radius 2 is 1.90 bits per heavy atom. The Morgan fingerprint density at radius 1 is 1.07 bits per heavy atom. The lowest BCUT2D eigenvalue weighted by molar-refractivity contribution is -0.00929. The first-order chi connectivity index (χ1) is 14.8. The van der Waals surface area contributed by atoms with E-state index in [0.717, 1.165) is 47.3 Å². The summed E-state index contributed by atoms with van der Waals surface area (Å²) in [4.78, 5) is 0. The number of fused-ring (bicyclic) bond motifs is 5. The van der Waals surface area contributed by atoms with Crippen LogP contribution in [0.15, 0.2) is 54.1 Å². The number of hydrogen-bond acceptors (Lipinski definition) is 3. The number of nitrogens with zero attached hydrogens (tertiary/aromatic N) is 2. The number of halogens is 1. The van der Waals surface area contributed by atoms with Crippen molar-refractivity contribution in [3.05, 3.63) is 71.2 Å². The van der Waals surface area contributed by atoms with Crippen LogP contribution in [0.4, 0.5) is 4.39 Å². The van der Waals surface area contributed by atoms with Crippen LogP contribution in [0, 0.1) is 11.7 Å². The zero-order chi connectivity index (χ0) is 19.8. The van der Waals surface area contributed by atoms with Crippen LogP contribution in [-0.2, 0) is 15.9 Å². The molecule has 2 unspecified atom stereocenters. The molecule has 6 heteroatoms.